The van der Waals surface area contributed by atoms with Crippen molar-refractivity contribution >= 4 is 12.6 Å². The van der Waals surface area contributed by atoms with Gasteiger partial charge in [0.25, 0.3) is 0 Å². The van der Waals surface area contributed by atoms with Crippen molar-refractivity contribution in [3.63, 3.8) is 0 Å². The Labute approximate surface area is 73.5 Å². The lowest BCUT2D eigenvalue weighted by atomic mass is 10.2. The Kier molecular flexibility index (Phi) is 16.1. The van der Waals surface area contributed by atoms with Gasteiger partial charge in [-0.1, -0.05) is 6.92 Å². The van der Waals surface area contributed by atoms with Crippen molar-refractivity contribution in [2.45, 2.75) is 25.9 Å². The summed E-state index contributed by atoms with van der Waals surface area (Å²) in [4.78, 5) is 0. The van der Waals surface area contributed by atoms with E-state index in [1.54, 1.807) is 0 Å². The summed E-state index contributed by atoms with van der Waals surface area (Å²) in [6.45, 7) is 2.17. The Morgan fingerprint density at radius 2 is 1.73 bits per heavy atom. The molecule has 0 aromatic rings. The van der Waals surface area contributed by atoms with Crippen molar-refractivity contribution in [3.05, 3.63) is 0 Å². The van der Waals surface area contributed by atoms with Crippen LogP contribution in [0.5, 0.6) is 0 Å². The number of aliphatic hydroxyl groups is 3. The molecule has 0 spiro atoms. The Hall–Kier alpha value is 0.230. The van der Waals surface area contributed by atoms with Crippen molar-refractivity contribution in [1.82, 2.24) is 0 Å². The molecule has 0 radical (unpaired) electrons. The van der Waals surface area contributed by atoms with Gasteiger partial charge in [-0.25, -0.2) is 0 Å². The fourth-order valence-electron chi connectivity index (χ4n) is 0.353. The van der Waals surface area contributed by atoms with Gasteiger partial charge in [0.15, 0.2) is 0 Å². The first-order chi connectivity index (χ1) is 5.22. The zero-order valence-electron chi connectivity index (χ0n) is 6.90. The molecule has 3 nitrogen and oxygen atoms in total. The van der Waals surface area contributed by atoms with E-state index in [0.717, 1.165) is 6.42 Å². The molecule has 3 N–H and O–H groups in total. The van der Waals surface area contributed by atoms with Gasteiger partial charge in [-0.3, -0.25) is 0 Å². The second-order valence-corrected chi connectivity index (χ2v) is 2.47. The summed E-state index contributed by atoms with van der Waals surface area (Å²) in [6.07, 6.45) is 0.946. The molecule has 1 unspecified atom stereocenters. The summed E-state index contributed by atoms with van der Waals surface area (Å²) in [5.74, 6) is 0.569. The van der Waals surface area contributed by atoms with E-state index < -0.39 is 0 Å². The molecule has 11 heavy (non-hydrogen) atoms. The monoisotopic (exact) mass is 182 g/mol. The van der Waals surface area contributed by atoms with Crippen LogP contribution < -0.4 is 0 Å². The van der Waals surface area contributed by atoms with E-state index in [0.29, 0.717) is 12.2 Å². The number of thiol groups is 1. The molecule has 0 aromatic carbocycles. The van der Waals surface area contributed by atoms with E-state index >= 15 is 0 Å². The standard InChI is InChI=1S/C5H12O2.C2H6OS/c1-2-5(7)3-4-6;3-1-2-4/h5-7H,2-4H2,1H3;3-4H,1-2H2. The van der Waals surface area contributed by atoms with Gasteiger partial charge in [-0.05, 0) is 12.8 Å². The van der Waals surface area contributed by atoms with Crippen LogP contribution in [0.1, 0.15) is 19.8 Å². The second-order valence-electron chi connectivity index (χ2n) is 2.02. The highest BCUT2D eigenvalue weighted by molar-refractivity contribution is 7.80. The number of hydrogen-bond acceptors (Lipinski definition) is 4. The van der Waals surface area contributed by atoms with Crippen LogP contribution in [0.2, 0.25) is 0 Å². The van der Waals surface area contributed by atoms with Crippen LogP contribution in [0.25, 0.3) is 0 Å². The second kappa shape index (κ2) is 12.9. The zero-order valence-corrected chi connectivity index (χ0v) is 7.80. The summed E-state index contributed by atoms with van der Waals surface area (Å²) < 4.78 is 0. The van der Waals surface area contributed by atoms with Crippen molar-refractivity contribution in [2.75, 3.05) is 19.0 Å². The van der Waals surface area contributed by atoms with Crippen molar-refractivity contribution < 1.29 is 15.3 Å². The summed E-state index contributed by atoms with van der Waals surface area (Å²) >= 11 is 3.67. The molecule has 0 bridgehead atoms. The molecule has 0 aliphatic heterocycles. The van der Waals surface area contributed by atoms with Gasteiger partial charge in [-0.15, -0.1) is 0 Å². The Bertz CT molecular complexity index is 59.6. The molecule has 0 heterocycles. The molecule has 0 amide bonds. The van der Waals surface area contributed by atoms with Gasteiger partial charge in [0.05, 0.1) is 12.7 Å². The van der Waals surface area contributed by atoms with Gasteiger partial charge < -0.3 is 15.3 Å². The van der Waals surface area contributed by atoms with Crippen LogP contribution in [-0.4, -0.2) is 40.4 Å². The molecule has 0 aromatic heterocycles. The third-order valence-electron chi connectivity index (χ3n) is 1.03. The Morgan fingerprint density at radius 1 is 1.27 bits per heavy atom. The van der Waals surface area contributed by atoms with Crippen molar-refractivity contribution in [2.24, 2.45) is 0 Å². The molecule has 0 rings (SSSR count). The fourth-order valence-corrected chi connectivity index (χ4v) is 0.353. The Morgan fingerprint density at radius 3 is 1.82 bits per heavy atom. The van der Waals surface area contributed by atoms with Gasteiger partial charge in [0.1, 0.15) is 0 Å². The highest BCUT2D eigenvalue weighted by atomic mass is 32.1. The predicted octanol–water partition coefficient (Wildman–Crippen LogP) is 0.0482. The van der Waals surface area contributed by atoms with Gasteiger partial charge in [-0.2, -0.15) is 12.6 Å². The van der Waals surface area contributed by atoms with Gasteiger partial charge in [0, 0.05) is 12.4 Å². The summed E-state index contributed by atoms with van der Waals surface area (Å²) in [5, 5.41) is 24.7. The first-order valence-corrected chi connectivity index (χ1v) is 4.36. The lowest BCUT2D eigenvalue weighted by Gasteiger charge is -2.01. The first kappa shape index (κ1) is 13.8. The average Bonchev–Trinajstić information content (AvgIpc) is 2.05. The molecular formula is C7H18O3S. The number of rotatable bonds is 4. The van der Waals surface area contributed by atoms with Crippen LogP contribution in [-0.2, 0) is 0 Å². The lowest BCUT2D eigenvalue weighted by molar-refractivity contribution is 0.129. The van der Waals surface area contributed by atoms with Crippen molar-refractivity contribution in [3.8, 4) is 0 Å². The maximum Gasteiger partial charge on any atom is 0.0559 e. The van der Waals surface area contributed by atoms with Crippen LogP contribution in [0.4, 0.5) is 0 Å². The van der Waals surface area contributed by atoms with E-state index in [9.17, 15) is 0 Å². The summed E-state index contributed by atoms with van der Waals surface area (Å²) in [6, 6.07) is 0. The summed E-state index contributed by atoms with van der Waals surface area (Å²) in [5.41, 5.74) is 0. The quantitative estimate of drug-likeness (QED) is 0.465. The SMILES string of the molecule is CCC(O)CCO.OCCS. The highest BCUT2D eigenvalue weighted by Crippen LogP contribution is 1.92. The fraction of sp³-hybridized carbons (Fsp3) is 1.00. The molecule has 0 aliphatic carbocycles. The normalized spacial score (nSPS) is 11.7. The molecule has 70 valence electrons. The minimum absolute atomic E-state index is 0.0923. The largest absolute Gasteiger partial charge is 0.396 e. The van der Waals surface area contributed by atoms with Crippen LogP contribution >= 0.6 is 12.6 Å². The molecule has 0 fully saturated rings. The first-order valence-electron chi connectivity index (χ1n) is 3.73. The zero-order chi connectivity index (χ0) is 9.11. The number of aliphatic hydroxyl groups excluding tert-OH is 3. The predicted molar refractivity (Wildman–Crippen MR) is 48.9 cm³/mol. The highest BCUT2D eigenvalue weighted by Gasteiger charge is 1.95. The van der Waals surface area contributed by atoms with Gasteiger partial charge in [0.2, 0.25) is 0 Å². The lowest BCUT2D eigenvalue weighted by Crippen LogP contribution is -2.05. The van der Waals surface area contributed by atoms with Crippen molar-refractivity contribution in [1.29, 1.82) is 0 Å². The minimum Gasteiger partial charge on any atom is -0.396 e. The summed E-state index contributed by atoms with van der Waals surface area (Å²) in [7, 11) is 0. The molecule has 1 atom stereocenters. The van der Waals surface area contributed by atoms with Gasteiger partial charge >= 0.3 is 0 Å². The molecule has 0 aliphatic rings. The molecule has 0 saturated heterocycles. The number of hydrogen-bond donors (Lipinski definition) is 4. The van der Waals surface area contributed by atoms with Crippen LogP contribution in [0, 0.1) is 0 Å². The third kappa shape index (κ3) is 17.9. The maximum atomic E-state index is 8.70. The molecule has 0 saturated carbocycles. The minimum atomic E-state index is -0.301. The van der Waals surface area contributed by atoms with E-state index in [1.165, 1.54) is 0 Å². The van der Waals surface area contributed by atoms with E-state index in [2.05, 4.69) is 12.6 Å². The molecule has 4 heteroatoms. The topological polar surface area (TPSA) is 60.7 Å². The average molecular weight is 182 g/mol. The third-order valence-corrected chi connectivity index (χ3v) is 1.23. The van der Waals surface area contributed by atoms with Crippen LogP contribution in [0.15, 0.2) is 0 Å². The smallest absolute Gasteiger partial charge is 0.0559 e. The van der Waals surface area contributed by atoms with E-state index in [1.807, 2.05) is 6.92 Å². The van der Waals surface area contributed by atoms with E-state index in [-0.39, 0.29) is 19.3 Å². The Balaban J connectivity index is 0. The van der Waals surface area contributed by atoms with Crippen LogP contribution in [0.3, 0.4) is 0 Å². The molecular weight excluding hydrogens is 164 g/mol. The van der Waals surface area contributed by atoms with E-state index in [4.69, 9.17) is 15.3 Å². The maximum absolute atomic E-state index is 8.70.